The van der Waals surface area contributed by atoms with Gasteiger partial charge in [0.25, 0.3) is 0 Å². The van der Waals surface area contributed by atoms with Gasteiger partial charge in [0.1, 0.15) is 5.82 Å². The first-order valence-corrected chi connectivity index (χ1v) is 10.1. The Morgan fingerprint density at radius 3 is 2.77 bits per heavy atom. The predicted octanol–water partition coefficient (Wildman–Crippen LogP) is 2.50. The second kappa shape index (κ2) is 10.4. The molecule has 2 atom stereocenters. The number of carbonyl (C=O) groups is 1. The molecule has 3 rings (SSSR count). The molecule has 0 saturated carbocycles. The summed E-state index contributed by atoms with van der Waals surface area (Å²) < 4.78 is 24.6. The number of nitrogens with one attached hydrogen (secondary N) is 1. The lowest BCUT2D eigenvalue weighted by Crippen LogP contribution is -2.56. The highest BCUT2D eigenvalue weighted by Crippen LogP contribution is 2.30. The van der Waals surface area contributed by atoms with Gasteiger partial charge >= 0.3 is 0 Å². The fraction of sp³-hybridized carbons (Fsp3) is 0.409. The molecule has 0 aromatic heterocycles. The molecule has 1 aliphatic heterocycles. The number of benzene rings is 2. The van der Waals surface area contributed by atoms with Crippen LogP contribution in [0.4, 0.5) is 15.8 Å². The summed E-state index contributed by atoms with van der Waals surface area (Å²) in [5.41, 5.74) is 1.30. The molecule has 1 heterocycles. The number of amides is 1. The van der Waals surface area contributed by atoms with Crippen LogP contribution >= 0.6 is 0 Å². The molecule has 1 amide bonds. The van der Waals surface area contributed by atoms with Crippen molar-refractivity contribution in [2.24, 2.45) is 0 Å². The van der Waals surface area contributed by atoms with Gasteiger partial charge in [-0.3, -0.25) is 4.79 Å². The predicted molar refractivity (Wildman–Crippen MR) is 114 cm³/mol. The molecule has 0 radical (unpaired) electrons. The number of carbonyl (C=O) groups excluding carboxylic acids is 1. The van der Waals surface area contributed by atoms with Crippen molar-refractivity contribution in [3.63, 3.8) is 0 Å². The van der Waals surface area contributed by atoms with Crippen LogP contribution in [0.25, 0.3) is 0 Å². The van der Waals surface area contributed by atoms with Crippen LogP contribution in [0.2, 0.25) is 0 Å². The van der Waals surface area contributed by atoms with Crippen LogP contribution in [0.5, 0.6) is 11.5 Å². The summed E-state index contributed by atoms with van der Waals surface area (Å²) in [6.45, 7) is 2.83. The van der Waals surface area contributed by atoms with Crippen molar-refractivity contribution in [2.75, 3.05) is 43.6 Å². The fourth-order valence-corrected chi connectivity index (χ4v) is 3.58. The summed E-state index contributed by atoms with van der Waals surface area (Å²) in [5, 5.41) is 24.7. The Balaban J connectivity index is 1.57. The molecule has 2 aromatic carbocycles. The van der Waals surface area contributed by atoms with Gasteiger partial charge in [-0.15, -0.1) is 0 Å². The third-order valence-electron chi connectivity index (χ3n) is 5.16. The fourth-order valence-electron chi connectivity index (χ4n) is 3.58. The minimum absolute atomic E-state index is 0.188. The number of methoxy groups -OCH3 is 1. The van der Waals surface area contributed by atoms with Gasteiger partial charge in [-0.05, 0) is 30.3 Å². The average molecular weight is 433 g/mol. The lowest BCUT2D eigenvalue weighted by atomic mass is 10.0. The van der Waals surface area contributed by atoms with Gasteiger partial charge in [0.2, 0.25) is 5.91 Å². The van der Waals surface area contributed by atoms with E-state index in [0.29, 0.717) is 42.5 Å². The number of hydrogen-bond donors (Lipinski definition) is 3. The van der Waals surface area contributed by atoms with Crippen LogP contribution in [0.1, 0.15) is 13.3 Å². The minimum atomic E-state index is -0.856. The second-order valence-electron chi connectivity index (χ2n) is 7.41. The third-order valence-corrected chi connectivity index (χ3v) is 5.16. The molecule has 1 saturated heterocycles. The van der Waals surface area contributed by atoms with Gasteiger partial charge in [0.15, 0.2) is 11.5 Å². The number of halogens is 1. The molecular weight excluding hydrogens is 405 g/mol. The number of nitrogens with zero attached hydrogens (tertiary/aromatic N) is 2. The van der Waals surface area contributed by atoms with Crippen molar-refractivity contribution < 1.29 is 29.0 Å². The molecule has 2 unspecified atom stereocenters. The Morgan fingerprint density at radius 1 is 1.26 bits per heavy atom. The van der Waals surface area contributed by atoms with Crippen molar-refractivity contribution >= 4 is 17.3 Å². The Morgan fingerprint density at radius 2 is 2.06 bits per heavy atom. The number of piperazine rings is 1. The molecule has 8 nitrogen and oxygen atoms in total. The molecule has 0 bridgehead atoms. The molecule has 9 heteroatoms. The van der Waals surface area contributed by atoms with E-state index < -0.39 is 12.1 Å². The maximum Gasteiger partial charge on any atom is 0.221 e. The molecule has 3 N–H and O–H groups in total. The first kappa shape index (κ1) is 22.8. The summed E-state index contributed by atoms with van der Waals surface area (Å²) in [7, 11) is 1.50. The lowest BCUT2D eigenvalue weighted by Gasteiger charge is -2.41. The van der Waals surface area contributed by atoms with Crippen molar-refractivity contribution in [1.82, 2.24) is 5.06 Å². The Bertz CT molecular complexity index is 897. The molecule has 168 valence electrons. The van der Waals surface area contributed by atoms with Crippen LogP contribution in [0.15, 0.2) is 42.5 Å². The van der Waals surface area contributed by atoms with E-state index in [1.54, 1.807) is 30.3 Å². The Hall–Kier alpha value is -2.88. The number of rotatable bonds is 8. The summed E-state index contributed by atoms with van der Waals surface area (Å²) >= 11 is 0. The molecule has 1 fully saturated rings. The van der Waals surface area contributed by atoms with Gasteiger partial charge in [0.05, 0.1) is 25.9 Å². The SMILES string of the molecule is COc1cc(NC(C)=O)ccc1OCCC(O)C1CN(c2cccc(F)c2)CCN1O. The summed E-state index contributed by atoms with van der Waals surface area (Å²) in [5.74, 6) is 0.425. The van der Waals surface area contributed by atoms with E-state index in [-0.39, 0.29) is 24.8 Å². The van der Waals surface area contributed by atoms with E-state index in [9.17, 15) is 19.5 Å². The zero-order chi connectivity index (χ0) is 22.4. The van der Waals surface area contributed by atoms with E-state index in [1.807, 2.05) is 4.90 Å². The normalized spacial score (nSPS) is 17.8. The third kappa shape index (κ3) is 6.06. The van der Waals surface area contributed by atoms with E-state index >= 15 is 0 Å². The maximum absolute atomic E-state index is 13.5. The molecule has 31 heavy (non-hydrogen) atoms. The van der Waals surface area contributed by atoms with Crippen LogP contribution in [0.3, 0.4) is 0 Å². The van der Waals surface area contributed by atoms with Crippen molar-refractivity contribution in [3.8, 4) is 11.5 Å². The Kier molecular flexibility index (Phi) is 7.67. The van der Waals surface area contributed by atoms with Gasteiger partial charge in [-0.1, -0.05) is 6.07 Å². The standard InChI is InChI=1S/C22H28FN3O5/c1-15(27)24-17-6-7-21(22(13-17)30-2)31-11-8-20(28)19-14-25(9-10-26(19)29)18-5-3-4-16(23)12-18/h3-7,12-13,19-20,28-29H,8-11,14H2,1-2H3,(H,24,27). The maximum atomic E-state index is 13.5. The van der Waals surface area contributed by atoms with Crippen LogP contribution < -0.4 is 19.7 Å². The van der Waals surface area contributed by atoms with E-state index in [4.69, 9.17) is 9.47 Å². The number of hydrogen-bond acceptors (Lipinski definition) is 7. The molecule has 1 aliphatic rings. The highest BCUT2D eigenvalue weighted by atomic mass is 19.1. The number of ether oxygens (including phenoxy) is 2. The highest BCUT2D eigenvalue weighted by molar-refractivity contribution is 5.89. The smallest absolute Gasteiger partial charge is 0.221 e. The first-order valence-electron chi connectivity index (χ1n) is 10.1. The Labute approximate surface area is 180 Å². The molecule has 0 aliphatic carbocycles. The second-order valence-corrected chi connectivity index (χ2v) is 7.41. The number of hydroxylamine groups is 2. The zero-order valence-corrected chi connectivity index (χ0v) is 17.6. The number of anilines is 2. The molecular formula is C22H28FN3O5. The highest BCUT2D eigenvalue weighted by Gasteiger charge is 2.32. The summed E-state index contributed by atoms with van der Waals surface area (Å²) in [6, 6.07) is 10.8. The van der Waals surface area contributed by atoms with E-state index in [2.05, 4.69) is 5.32 Å². The van der Waals surface area contributed by atoms with Gasteiger partial charge < -0.3 is 30.0 Å². The monoisotopic (exact) mass is 433 g/mol. The zero-order valence-electron chi connectivity index (χ0n) is 17.6. The largest absolute Gasteiger partial charge is 0.493 e. The van der Waals surface area contributed by atoms with Crippen molar-refractivity contribution in [1.29, 1.82) is 0 Å². The number of aliphatic hydroxyl groups excluding tert-OH is 1. The van der Waals surface area contributed by atoms with Crippen LogP contribution in [-0.4, -0.2) is 66.8 Å². The van der Waals surface area contributed by atoms with Crippen LogP contribution in [0, 0.1) is 5.82 Å². The number of aliphatic hydroxyl groups is 1. The minimum Gasteiger partial charge on any atom is -0.493 e. The quantitative estimate of drug-likeness (QED) is 0.589. The summed E-state index contributed by atoms with van der Waals surface area (Å²) in [6.07, 6.45) is -0.582. The van der Waals surface area contributed by atoms with Gasteiger partial charge in [-0.25, -0.2) is 4.39 Å². The lowest BCUT2D eigenvalue weighted by molar-refractivity contribution is -0.160. The van der Waals surface area contributed by atoms with E-state index in [0.717, 1.165) is 5.06 Å². The van der Waals surface area contributed by atoms with Gasteiger partial charge in [-0.2, -0.15) is 5.06 Å². The topological polar surface area (TPSA) is 94.5 Å². The molecule has 2 aromatic rings. The van der Waals surface area contributed by atoms with Crippen molar-refractivity contribution in [3.05, 3.63) is 48.3 Å². The average Bonchev–Trinajstić information content (AvgIpc) is 2.74. The first-order chi connectivity index (χ1) is 14.9. The van der Waals surface area contributed by atoms with Crippen molar-refractivity contribution in [2.45, 2.75) is 25.5 Å². The molecule has 0 spiro atoms. The van der Waals surface area contributed by atoms with Crippen LogP contribution in [-0.2, 0) is 4.79 Å². The van der Waals surface area contributed by atoms with E-state index in [1.165, 1.54) is 26.2 Å². The summed E-state index contributed by atoms with van der Waals surface area (Å²) in [4.78, 5) is 13.1. The van der Waals surface area contributed by atoms with Gasteiger partial charge in [0, 0.05) is 50.4 Å².